The van der Waals surface area contributed by atoms with Gasteiger partial charge in [0.25, 0.3) is 5.91 Å². The zero-order valence-electron chi connectivity index (χ0n) is 12.9. The number of hydrogen-bond acceptors (Lipinski definition) is 3. The Balaban J connectivity index is 1.70. The van der Waals surface area contributed by atoms with Crippen LogP contribution >= 0.6 is 11.8 Å². The van der Waals surface area contributed by atoms with Crippen LogP contribution in [0, 0.1) is 0 Å². The van der Waals surface area contributed by atoms with Crippen LogP contribution in [-0.4, -0.2) is 17.6 Å². The van der Waals surface area contributed by atoms with E-state index < -0.39 is 0 Å². The highest BCUT2D eigenvalue weighted by Gasteiger charge is 2.12. The van der Waals surface area contributed by atoms with E-state index in [-0.39, 0.29) is 11.8 Å². The van der Waals surface area contributed by atoms with Crippen LogP contribution in [0.5, 0.6) is 0 Å². The molecule has 1 heterocycles. The molecule has 0 saturated heterocycles. The maximum Gasteiger partial charge on any atom is 0.255 e. The molecule has 0 fully saturated rings. The average Bonchev–Trinajstić information content (AvgIpc) is 2.55. The van der Waals surface area contributed by atoms with Gasteiger partial charge in [-0.2, -0.15) is 0 Å². The molecular formula is C18H18N2O2S. The van der Waals surface area contributed by atoms with E-state index in [1.807, 2.05) is 17.8 Å². The summed E-state index contributed by atoms with van der Waals surface area (Å²) in [6, 6.07) is 12.9. The summed E-state index contributed by atoms with van der Waals surface area (Å²) < 4.78 is 0. The smallest absolute Gasteiger partial charge is 0.255 e. The number of rotatable bonds is 3. The first-order valence-corrected chi connectivity index (χ1v) is 8.55. The predicted molar refractivity (Wildman–Crippen MR) is 94.2 cm³/mol. The fraction of sp³-hybridized carbons (Fsp3) is 0.222. The van der Waals surface area contributed by atoms with Gasteiger partial charge in [0.15, 0.2) is 0 Å². The van der Waals surface area contributed by atoms with Gasteiger partial charge < -0.3 is 10.6 Å². The Labute approximate surface area is 139 Å². The van der Waals surface area contributed by atoms with Gasteiger partial charge in [-0.3, -0.25) is 9.59 Å². The highest BCUT2D eigenvalue weighted by Crippen LogP contribution is 2.31. The van der Waals surface area contributed by atoms with Gasteiger partial charge in [0.05, 0.1) is 0 Å². The van der Waals surface area contributed by atoms with Crippen LogP contribution in [0.1, 0.15) is 29.3 Å². The molecule has 0 unspecified atom stereocenters. The lowest BCUT2D eigenvalue weighted by Crippen LogP contribution is -2.13. The molecule has 5 heteroatoms. The van der Waals surface area contributed by atoms with Gasteiger partial charge >= 0.3 is 0 Å². The number of carbonyl (C=O) groups excluding carboxylic acids is 2. The fourth-order valence-electron chi connectivity index (χ4n) is 2.55. The molecule has 0 saturated carbocycles. The first-order valence-electron chi connectivity index (χ1n) is 7.56. The van der Waals surface area contributed by atoms with Crippen molar-refractivity contribution < 1.29 is 9.59 Å². The summed E-state index contributed by atoms with van der Waals surface area (Å²) >= 11 is 1.87. The third kappa shape index (κ3) is 3.93. The topological polar surface area (TPSA) is 58.2 Å². The van der Waals surface area contributed by atoms with Crippen molar-refractivity contribution in [3.05, 3.63) is 53.6 Å². The van der Waals surface area contributed by atoms with Crippen molar-refractivity contribution >= 4 is 35.0 Å². The van der Waals surface area contributed by atoms with Crippen molar-refractivity contribution in [1.29, 1.82) is 0 Å². The number of amides is 2. The normalized spacial score (nSPS) is 13.1. The van der Waals surface area contributed by atoms with Crippen LogP contribution in [0.4, 0.5) is 11.4 Å². The Morgan fingerprint density at radius 1 is 1.00 bits per heavy atom. The molecule has 3 rings (SSSR count). The molecule has 0 spiro atoms. The lowest BCUT2D eigenvalue weighted by atomic mass is 10.1. The van der Waals surface area contributed by atoms with Gasteiger partial charge in [0, 0.05) is 28.8 Å². The molecule has 2 aromatic rings. The quantitative estimate of drug-likeness (QED) is 0.898. The number of thioether (sulfide) groups is 1. The molecular weight excluding hydrogens is 308 g/mol. The van der Waals surface area contributed by atoms with Crippen molar-refractivity contribution in [2.45, 2.75) is 24.7 Å². The van der Waals surface area contributed by atoms with Gasteiger partial charge in [-0.25, -0.2) is 0 Å². The molecule has 118 valence electrons. The average molecular weight is 326 g/mol. The Bertz CT molecular complexity index is 741. The van der Waals surface area contributed by atoms with E-state index in [4.69, 9.17) is 0 Å². The predicted octanol–water partition coefficient (Wildman–Crippen LogP) is 3.94. The molecule has 0 radical (unpaired) electrons. The number of nitrogens with one attached hydrogen (secondary N) is 2. The van der Waals surface area contributed by atoms with E-state index in [0.717, 1.165) is 12.1 Å². The minimum atomic E-state index is -0.150. The first kappa shape index (κ1) is 15.6. The molecule has 1 aliphatic heterocycles. The number of anilines is 2. The van der Waals surface area contributed by atoms with Crippen LogP contribution in [0.3, 0.4) is 0 Å². The van der Waals surface area contributed by atoms with Crippen LogP contribution in [0.15, 0.2) is 47.4 Å². The molecule has 2 N–H and O–H groups in total. The van der Waals surface area contributed by atoms with E-state index in [0.29, 0.717) is 11.3 Å². The van der Waals surface area contributed by atoms with Gasteiger partial charge in [0.1, 0.15) is 0 Å². The second kappa shape index (κ2) is 6.87. The van der Waals surface area contributed by atoms with Gasteiger partial charge in [-0.15, -0.1) is 11.8 Å². The minimum Gasteiger partial charge on any atom is -0.326 e. The number of benzene rings is 2. The highest BCUT2D eigenvalue weighted by atomic mass is 32.2. The van der Waals surface area contributed by atoms with E-state index in [2.05, 4.69) is 22.8 Å². The Morgan fingerprint density at radius 3 is 2.48 bits per heavy atom. The Hall–Kier alpha value is -2.27. The number of fused-ring (bicyclic) bond motifs is 1. The van der Waals surface area contributed by atoms with Crippen LogP contribution < -0.4 is 10.6 Å². The lowest BCUT2D eigenvalue weighted by Gasteiger charge is -2.16. The van der Waals surface area contributed by atoms with E-state index in [1.165, 1.54) is 29.6 Å². The monoisotopic (exact) mass is 326 g/mol. The first-order chi connectivity index (χ1) is 11.1. The van der Waals surface area contributed by atoms with Crippen molar-refractivity contribution in [3.63, 3.8) is 0 Å². The van der Waals surface area contributed by atoms with Crippen molar-refractivity contribution in [3.8, 4) is 0 Å². The maximum absolute atomic E-state index is 12.3. The molecule has 0 aliphatic carbocycles. The zero-order valence-corrected chi connectivity index (χ0v) is 13.7. The third-order valence-corrected chi connectivity index (χ3v) is 4.84. The molecule has 2 amide bonds. The fourth-order valence-corrected chi connectivity index (χ4v) is 3.57. The maximum atomic E-state index is 12.3. The number of hydrogen-bond donors (Lipinski definition) is 2. The molecule has 2 aromatic carbocycles. The summed E-state index contributed by atoms with van der Waals surface area (Å²) in [6.45, 7) is 1.45. The number of aryl methyl sites for hydroxylation is 1. The number of carbonyl (C=O) groups is 2. The zero-order chi connectivity index (χ0) is 16.2. The summed E-state index contributed by atoms with van der Waals surface area (Å²) in [5, 5.41) is 5.61. The molecule has 1 aliphatic rings. The largest absolute Gasteiger partial charge is 0.326 e. The van der Waals surface area contributed by atoms with E-state index in [1.54, 1.807) is 24.3 Å². The highest BCUT2D eigenvalue weighted by molar-refractivity contribution is 7.99. The summed E-state index contributed by atoms with van der Waals surface area (Å²) in [4.78, 5) is 24.6. The standard InChI is InChI=1S/C18H18N2O2S/c1-12(21)19-15-6-4-13(5-7-15)18(22)20-16-8-9-17-14(11-16)3-2-10-23-17/h4-9,11H,2-3,10H2,1H3,(H,19,21)(H,20,22). The summed E-state index contributed by atoms with van der Waals surface area (Å²) in [5.41, 5.74) is 3.37. The van der Waals surface area contributed by atoms with E-state index >= 15 is 0 Å². The Kier molecular flexibility index (Phi) is 4.67. The van der Waals surface area contributed by atoms with Gasteiger partial charge in [-0.05, 0) is 66.6 Å². The van der Waals surface area contributed by atoms with Crippen LogP contribution in [0.25, 0.3) is 0 Å². The van der Waals surface area contributed by atoms with Gasteiger partial charge in [-0.1, -0.05) is 0 Å². The third-order valence-electron chi connectivity index (χ3n) is 3.63. The summed E-state index contributed by atoms with van der Waals surface area (Å²) in [7, 11) is 0. The van der Waals surface area contributed by atoms with Crippen LogP contribution in [0.2, 0.25) is 0 Å². The molecule has 23 heavy (non-hydrogen) atoms. The second-order valence-electron chi connectivity index (χ2n) is 5.49. The van der Waals surface area contributed by atoms with Crippen molar-refractivity contribution in [1.82, 2.24) is 0 Å². The SMILES string of the molecule is CC(=O)Nc1ccc(C(=O)Nc2ccc3c(c2)CCCS3)cc1. The lowest BCUT2D eigenvalue weighted by molar-refractivity contribution is -0.114. The van der Waals surface area contributed by atoms with Crippen molar-refractivity contribution in [2.75, 3.05) is 16.4 Å². The minimum absolute atomic E-state index is 0.130. The summed E-state index contributed by atoms with van der Waals surface area (Å²) in [6.07, 6.45) is 2.25. The molecule has 0 atom stereocenters. The van der Waals surface area contributed by atoms with Gasteiger partial charge in [0.2, 0.25) is 5.91 Å². The Morgan fingerprint density at radius 2 is 1.74 bits per heavy atom. The van der Waals surface area contributed by atoms with Crippen LogP contribution in [-0.2, 0) is 11.2 Å². The van der Waals surface area contributed by atoms with Crippen molar-refractivity contribution in [2.24, 2.45) is 0 Å². The van der Waals surface area contributed by atoms with E-state index in [9.17, 15) is 9.59 Å². The summed E-state index contributed by atoms with van der Waals surface area (Å²) in [5.74, 6) is 0.885. The second-order valence-corrected chi connectivity index (χ2v) is 6.62. The molecule has 4 nitrogen and oxygen atoms in total. The molecule has 0 aromatic heterocycles. The molecule has 0 bridgehead atoms.